The van der Waals surface area contributed by atoms with Gasteiger partial charge in [0.1, 0.15) is 5.82 Å². The standard InChI is InChI=1S/C18H19N3O2S/c1-2-12(18-20-13-6-3-4-7-14(13)21-18)19-17(23)10-9-15(22)16-8-5-11-24-16/h3-8,11-12H,2,9-10H2,1H3,(H,19,23)(H,20,21)/t12-/m0/s1. The molecular weight excluding hydrogens is 322 g/mol. The Morgan fingerprint density at radius 2 is 2.04 bits per heavy atom. The number of hydrogen-bond acceptors (Lipinski definition) is 4. The summed E-state index contributed by atoms with van der Waals surface area (Å²) in [6, 6.07) is 11.2. The molecule has 0 spiro atoms. The molecule has 1 atom stereocenters. The fourth-order valence-corrected chi connectivity index (χ4v) is 3.25. The monoisotopic (exact) mass is 341 g/mol. The molecule has 2 heterocycles. The number of aromatic amines is 1. The lowest BCUT2D eigenvalue weighted by atomic mass is 10.1. The zero-order valence-electron chi connectivity index (χ0n) is 13.4. The van der Waals surface area contributed by atoms with Crippen molar-refractivity contribution in [1.29, 1.82) is 0 Å². The number of hydrogen-bond donors (Lipinski definition) is 2. The van der Waals surface area contributed by atoms with Gasteiger partial charge < -0.3 is 10.3 Å². The number of carbonyl (C=O) groups excluding carboxylic acids is 2. The summed E-state index contributed by atoms with van der Waals surface area (Å²) in [7, 11) is 0. The van der Waals surface area contributed by atoms with E-state index in [1.807, 2.05) is 42.6 Å². The number of rotatable bonds is 7. The normalized spacial score (nSPS) is 12.2. The van der Waals surface area contributed by atoms with Crippen molar-refractivity contribution < 1.29 is 9.59 Å². The molecule has 0 unspecified atom stereocenters. The van der Waals surface area contributed by atoms with E-state index in [-0.39, 0.29) is 30.6 Å². The third-order valence-corrected chi connectivity index (χ3v) is 4.77. The molecule has 0 fully saturated rings. The number of fused-ring (bicyclic) bond motifs is 1. The molecule has 1 aromatic carbocycles. The third kappa shape index (κ3) is 3.71. The molecule has 2 N–H and O–H groups in total. The first kappa shape index (κ1) is 16.4. The van der Waals surface area contributed by atoms with Gasteiger partial charge in [0.25, 0.3) is 0 Å². The van der Waals surface area contributed by atoms with E-state index in [9.17, 15) is 9.59 Å². The number of nitrogens with one attached hydrogen (secondary N) is 2. The number of H-pyrrole nitrogens is 1. The number of imidazole rings is 1. The lowest BCUT2D eigenvalue weighted by Crippen LogP contribution is -2.29. The Kier molecular flexibility index (Phi) is 5.05. The number of aromatic nitrogens is 2. The Labute approximate surface area is 144 Å². The molecule has 0 aliphatic carbocycles. The maximum absolute atomic E-state index is 12.2. The van der Waals surface area contributed by atoms with E-state index in [2.05, 4.69) is 15.3 Å². The topological polar surface area (TPSA) is 74.8 Å². The van der Waals surface area contributed by atoms with E-state index in [0.717, 1.165) is 23.3 Å². The second-order valence-electron chi connectivity index (χ2n) is 5.57. The second-order valence-corrected chi connectivity index (χ2v) is 6.52. The van der Waals surface area contributed by atoms with Crippen molar-refractivity contribution in [1.82, 2.24) is 15.3 Å². The van der Waals surface area contributed by atoms with Gasteiger partial charge in [-0.2, -0.15) is 0 Å². The first-order valence-electron chi connectivity index (χ1n) is 7.98. The first-order chi connectivity index (χ1) is 11.7. The van der Waals surface area contributed by atoms with Crippen molar-refractivity contribution >= 4 is 34.1 Å². The summed E-state index contributed by atoms with van der Waals surface area (Å²) in [5.41, 5.74) is 1.83. The Bertz CT molecular complexity index is 806. The number of thiophene rings is 1. The Morgan fingerprint density at radius 1 is 1.21 bits per heavy atom. The number of Topliss-reactive ketones (excluding diaryl/α,β-unsaturated/α-hetero) is 1. The third-order valence-electron chi connectivity index (χ3n) is 3.86. The summed E-state index contributed by atoms with van der Waals surface area (Å²) in [5, 5.41) is 4.83. The molecule has 24 heavy (non-hydrogen) atoms. The van der Waals surface area contributed by atoms with Gasteiger partial charge in [0.15, 0.2) is 5.78 Å². The fraction of sp³-hybridized carbons (Fsp3) is 0.278. The van der Waals surface area contributed by atoms with Gasteiger partial charge in [0.05, 0.1) is 22.0 Å². The summed E-state index contributed by atoms with van der Waals surface area (Å²) in [5.74, 6) is 0.626. The molecule has 0 saturated carbocycles. The predicted octanol–water partition coefficient (Wildman–Crippen LogP) is 3.85. The van der Waals surface area contributed by atoms with Crippen LogP contribution in [0.4, 0.5) is 0 Å². The van der Waals surface area contributed by atoms with E-state index in [1.165, 1.54) is 11.3 Å². The van der Waals surface area contributed by atoms with E-state index in [4.69, 9.17) is 0 Å². The van der Waals surface area contributed by atoms with Gasteiger partial charge in [0.2, 0.25) is 5.91 Å². The molecule has 2 aromatic heterocycles. The minimum Gasteiger partial charge on any atom is -0.346 e. The van der Waals surface area contributed by atoms with Crippen LogP contribution in [0.1, 0.15) is 47.7 Å². The van der Waals surface area contributed by atoms with Gasteiger partial charge in [0, 0.05) is 12.8 Å². The molecule has 6 heteroatoms. The van der Waals surface area contributed by atoms with Gasteiger partial charge in [-0.1, -0.05) is 25.1 Å². The van der Waals surface area contributed by atoms with Crippen LogP contribution in [0, 0.1) is 0 Å². The summed E-state index contributed by atoms with van der Waals surface area (Å²) in [4.78, 5) is 32.6. The first-order valence-corrected chi connectivity index (χ1v) is 8.86. The molecule has 1 amide bonds. The number of ketones is 1. The highest BCUT2D eigenvalue weighted by Gasteiger charge is 2.17. The Balaban J connectivity index is 1.60. The quantitative estimate of drug-likeness (QED) is 0.641. The van der Waals surface area contributed by atoms with Crippen molar-refractivity contribution in [2.75, 3.05) is 0 Å². The average molecular weight is 341 g/mol. The molecule has 0 saturated heterocycles. The lowest BCUT2D eigenvalue weighted by Gasteiger charge is -2.14. The maximum Gasteiger partial charge on any atom is 0.221 e. The minimum absolute atomic E-state index is 0.0111. The molecule has 0 aliphatic rings. The number of carbonyl (C=O) groups is 2. The van der Waals surface area contributed by atoms with E-state index in [1.54, 1.807) is 6.07 Å². The molecule has 3 rings (SSSR count). The summed E-state index contributed by atoms with van der Waals surface area (Å²) < 4.78 is 0. The largest absolute Gasteiger partial charge is 0.346 e. The van der Waals surface area contributed by atoms with Gasteiger partial charge in [-0.3, -0.25) is 9.59 Å². The minimum atomic E-state index is -0.179. The number of para-hydroxylation sites is 2. The van der Waals surface area contributed by atoms with Gasteiger partial charge in [-0.15, -0.1) is 11.3 Å². The second kappa shape index (κ2) is 7.40. The van der Waals surface area contributed by atoms with Gasteiger partial charge in [-0.25, -0.2) is 4.98 Å². The predicted molar refractivity (Wildman–Crippen MR) is 95.2 cm³/mol. The number of benzene rings is 1. The SMILES string of the molecule is CC[C@H](NC(=O)CCC(=O)c1cccs1)c1nc2ccccc2[nH]1. The highest BCUT2D eigenvalue weighted by molar-refractivity contribution is 7.12. The van der Waals surface area contributed by atoms with Crippen molar-refractivity contribution in [2.45, 2.75) is 32.2 Å². The van der Waals surface area contributed by atoms with E-state index >= 15 is 0 Å². The van der Waals surface area contributed by atoms with Crippen LogP contribution in [0.5, 0.6) is 0 Å². The molecular formula is C18H19N3O2S. The van der Waals surface area contributed by atoms with E-state index < -0.39 is 0 Å². The Hall–Kier alpha value is -2.47. The van der Waals surface area contributed by atoms with E-state index in [0.29, 0.717) is 4.88 Å². The molecule has 3 aromatic rings. The van der Waals surface area contributed by atoms with Crippen LogP contribution in [-0.2, 0) is 4.79 Å². The van der Waals surface area contributed by atoms with Crippen LogP contribution < -0.4 is 5.32 Å². The van der Waals surface area contributed by atoms with Crippen LogP contribution in [0.25, 0.3) is 11.0 Å². The molecule has 5 nitrogen and oxygen atoms in total. The van der Waals surface area contributed by atoms with Crippen LogP contribution in [0.15, 0.2) is 41.8 Å². The van der Waals surface area contributed by atoms with Gasteiger partial charge >= 0.3 is 0 Å². The van der Waals surface area contributed by atoms with Crippen molar-refractivity contribution in [2.24, 2.45) is 0 Å². The average Bonchev–Trinajstić information content (AvgIpc) is 3.26. The highest BCUT2D eigenvalue weighted by Crippen LogP contribution is 2.19. The summed E-state index contributed by atoms with van der Waals surface area (Å²) >= 11 is 1.40. The summed E-state index contributed by atoms with van der Waals surface area (Å²) in [6.07, 6.45) is 1.14. The summed E-state index contributed by atoms with van der Waals surface area (Å²) in [6.45, 7) is 1.99. The van der Waals surface area contributed by atoms with Crippen molar-refractivity contribution in [3.63, 3.8) is 0 Å². The maximum atomic E-state index is 12.2. The smallest absolute Gasteiger partial charge is 0.221 e. The van der Waals surface area contributed by atoms with Gasteiger partial charge in [-0.05, 0) is 30.0 Å². The van der Waals surface area contributed by atoms with Crippen molar-refractivity contribution in [3.8, 4) is 0 Å². The molecule has 0 aliphatic heterocycles. The van der Waals surface area contributed by atoms with Crippen LogP contribution in [0.3, 0.4) is 0 Å². The lowest BCUT2D eigenvalue weighted by molar-refractivity contribution is -0.121. The molecule has 124 valence electrons. The zero-order valence-corrected chi connectivity index (χ0v) is 14.2. The number of amides is 1. The zero-order chi connectivity index (χ0) is 16.9. The Morgan fingerprint density at radius 3 is 2.75 bits per heavy atom. The van der Waals surface area contributed by atoms with Crippen LogP contribution in [-0.4, -0.2) is 21.7 Å². The van der Waals surface area contributed by atoms with Crippen LogP contribution in [0.2, 0.25) is 0 Å². The highest BCUT2D eigenvalue weighted by atomic mass is 32.1. The molecule has 0 bridgehead atoms. The fourth-order valence-electron chi connectivity index (χ4n) is 2.56. The number of nitrogens with zero attached hydrogens (tertiary/aromatic N) is 1. The molecule has 0 radical (unpaired) electrons. The van der Waals surface area contributed by atoms with Crippen molar-refractivity contribution in [3.05, 3.63) is 52.5 Å². The van der Waals surface area contributed by atoms with Crippen LogP contribution >= 0.6 is 11.3 Å².